The maximum atomic E-state index is 12.3. The van der Waals surface area contributed by atoms with Gasteiger partial charge in [-0.1, -0.05) is 68.8 Å². The fourth-order valence-corrected chi connectivity index (χ4v) is 4.09. The predicted octanol–water partition coefficient (Wildman–Crippen LogP) is 3.92. The molecule has 0 heterocycles. The van der Waals surface area contributed by atoms with Crippen LogP contribution in [0.3, 0.4) is 0 Å². The third-order valence-corrected chi connectivity index (χ3v) is 6.00. The summed E-state index contributed by atoms with van der Waals surface area (Å²) >= 11 is 0. The molecule has 2 amide bonds. The Balaban J connectivity index is 1.53. The van der Waals surface area contributed by atoms with Crippen LogP contribution in [0.1, 0.15) is 50.7 Å². The third kappa shape index (κ3) is 5.28. The van der Waals surface area contributed by atoms with Gasteiger partial charge in [0, 0.05) is 18.4 Å². The number of rotatable bonds is 9. The first-order valence-electron chi connectivity index (χ1n) is 11.0. The number of carbonyl (C=O) groups is 3. The minimum Gasteiger partial charge on any atom is -0.480 e. The minimum absolute atomic E-state index is 0.0373. The number of amides is 2. The molecule has 0 aliphatic heterocycles. The van der Waals surface area contributed by atoms with Gasteiger partial charge in [-0.05, 0) is 35.1 Å². The number of hydrogen-bond donors (Lipinski definition) is 3. The molecule has 0 bridgehead atoms. The molecule has 3 rings (SSSR count). The Morgan fingerprint density at radius 3 is 2.06 bits per heavy atom. The highest BCUT2D eigenvalue weighted by atomic mass is 16.5. The summed E-state index contributed by atoms with van der Waals surface area (Å²) in [6.45, 7) is 5.51. The van der Waals surface area contributed by atoms with Crippen molar-refractivity contribution in [2.45, 2.75) is 51.6 Å². The molecule has 1 aliphatic carbocycles. The predicted molar refractivity (Wildman–Crippen MR) is 121 cm³/mol. The molecule has 0 radical (unpaired) electrons. The SMILES string of the molecule is CCC(C)[C@H](NC(=O)C[C@@H](C)NC(=O)OCC1c2ccccc2-c2ccccc21)C(=O)O. The van der Waals surface area contributed by atoms with Crippen molar-refractivity contribution in [3.8, 4) is 11.1 Å². The van der Waals surface area contributed by atoms with Crippen molar-refractivity contribution in [2.24, 2.45) is 5.92 Å². The molecular formula is C25H30N2O5. The highest BCUT2D eigenvalue weighted by Crippen LogP contribution is 2.44. The summed E-state index contributed by atoms with van der Waals surface area (Å²) in [5.74, 6) is -1.73. The van der Waals surface area contributed by atoms with E-state index in [1.54, 1.807) is 13.8 Å². The normalized spacial score (nSPS) is 15.1. The lowest BCUT2D eigenvalue weighted by Gasteiger charge is -2.21. The Hall–Kier alpha value is -3.35. The van der Waals surface area contributed by atoms with Crippen LogP contribution in [0.4, 0.5) is 4.79 Å². The summed E-state index contributed by atoms with van der Waals surface area (Å²) in [7, 11) is 0. The Morgan fingerprint density at radius 1 is 0.969 bits per heavy atom. The summed E-state index contributed by atoms with van der Waals surface area (Å²) in [6, 6.07) is 14.7. The lowest BCUT2D eigenvalue weighted by atomic mass is 9.98. The van der Waals surface area contributed by atoms with E-state index < -0.39 is 30.1 Å². The quantitative estimate of drug-likeness (QED) is 0.550. The fraction of sp³-hybridized carbons (Fsp3) is 0.400. The van der Waals surface area contributed by atoms with E-state index in [0.29, 0.717) is 6.42 Å². The van der Waals surface area contributed by atoms with Crippen LogP contribution >= 0.6 is 0 Å². The number of carbonyl (C=O) groups excluding carboxylic acids is 2. The van der Waals surface area contributed by atoms with Crippen molar-refractivity contribution in [1.29, 1.82) is 0 Å². The highest BCUT2D eigenvalue weighted by molar-refractivity contribution is 5.84. The van der Waals surface area contributed by atoms with E-state index in [1.165, 1.54) is 0 Å². The molecule has 7 heteroatoms. The number of hydrogen-bond acceptors (Lipinski definition) is 4. The number of fused-ring (bicyclic) bond motifs is 3. The van der Waals surface area contributed by atoms with Crippen LogP contribution in [0.25, 0.3) is 11.1 Å². The van der Waals surface area contributed by atoms with Crippen molar-refractivity contribution < 1.29 is 24.2 Å². The lowest BCUT2D eigenvalue weighted by Crippen LogP contribution is -2.47. The Morgan fingerprint density at radius 2 is 1.53 bits per heavy atom. The molecule has 2 aromatic carbocycles. The number of aliphatic carboxylic acids is 1. The largest absolute Gasteiger partial charge is 0.480 e. The van der Waals surface area contributed by atoms with Crippen LogP contribution in [0.15, 0.2) is 48.5 Å². The second kappa shape index (κ2) is 10.3. The van der Waals surface area contributed by atoms with Gasteiger partial charge in [0.25, 0.3) is 0 Å². The molecule has 0 fully saturated rings. The molecule has 3 atom stereocenters. The first kappa shape index (κ1) is 23.3. The molecule has 1 unspecified atom stereocenters. The van der Waals surface area contributed by atoms with Gasteiger partial charge < -0.3 is 20.5 Å². The molecule has 170 valence electrons. The standard InChI is InChI=1S/C25H30N2O5/c1-4-15(2)23(24(29)30)27-22(28)13-16(3)26-25(31)32-14-21-19-11-7-5-9-17(19)18-10-6-8-12-20(18)21/h5-12,15-16,21,23H,4,13-14H2,1-3H3,(H,26,31)(H,27,28)(H,29,30)/t15?,16-,23+/m1/s1. The van der Waals surface area contributed by atoms with Crippen LogP contribution in [0.2, 0.25) is 0 Å². The minimum atomic E-state index is -1.06. The summed E-state index contributed by atoms with van der Waals surface area (Å²) < 4.78 is 5.49. The molecule has 32 heavy (non-hydrogen) atoms. The fourth-order valence-electron chi connectivity index (χ4n) is 4.09. The Labute approximate surface area is 188 Å². The van der Waals surface area contributed by atoms with Gasteiger partial charge in [-0.15, -0.1) is 0 Å². The molecule has 3 N–H and O–H groups in total. The van der Waals surface area contributed by atoms with Crippen LogP contribution < -0.4 is 10.6 Å². The van der Waals surface area contributed by atoms with E-state index in [0.717, 1.165) is 22.3 Å². The van der Waals surface area contributed by atoms with E-state index in [2.05, 4.69) is 22.8 Å². The first-order valence-corrected chi connectivity index (χ1v) is 11.0. The second-order valence-electron chi connectivity index (χ2n) is 8.34. The van der Waals surface area contributed by atoms with E-state index >= 15 is 0 Å². The van der Waals surface area contributed by atoms with Crippen molar-refractivity contribution in [2.75, 3.05) is 6.61 Å². The van der Waals surface area contributed by atoms with Gasteiger partial charge >= 0.3 is 12.1 Å². The third-order valence-electron chi connectivity index (χ3n) is 6.00. The van der Waals surface area contributed by atoms with Crippen LogP contribution in [-0.2, 0) is 14.3 Å². The van der Waals surface area contributed by atoms with Gasteiger partial charge in [-0.25, -0.2) is 9.59 Å². The number of benzene rings is 2. The first-order chi connectivity index (χ1) is 15.3. The van der Waals surface area contributed by atoms with Crippen LogP contribution in [-0.4, -0.2) is 41.8 Å². The number of ether oxygens (including phenoxy) is 1. The number of alkyl carbamates (subject to hydrolysis) is 1. The van der Waals surface area contributed by atoms with Crippen molar-refractivity contribution >= 4 is 18.0 Å². The van der Waals surface area contributed by atoms with E-state index in [1.807, 2.05) is 43.3 Å². The Kier molecular flexibility index (Phi) is 7.51. The second-order valence-corrected chi connectivity index (χ2v) is 8.34. The van der Waals surface area contributed by atoms with E-state index in [-0.39, 0.29) is 24.9 Å². The number of carboxylic acids is 1. The maximum absolute atomic E-state index is 12.3. The lowest BCUT2D eigenvalue weighted by molar-refractivity contribution is -0.143. The van der Waals surface area contributed by atoms with Gasteiger partial charge in [0.1, 0.15) is 12.6 Å². The van der Waals surface area contributed by atoms with Crippen LogP contribution in [0.5, 0.6) is 0 Å². The molecule has 0 saturated carbocycles. The molecule has 1 aliphatic rings. The summed E-state index contributed by atoms with van der Waals surface area (Å²) in [5.41, 5.74) is 4.55. The van der Waals surface area contributed by atoms with Gasteiger partial charge in [0.15, 0.2) is 0 Å². The average molecular weight is 439 g/mol. The molecular weight excluding hydrogens is 408 g/mol. The summed E-state index contributed by atoms with van der Waals surface area (Å²) in [6.07, 6.45) is -0.0151. The molecule has 0 spiro atoms. The summed E-state index contributed by atoms with van der Waals surface area (Å²) in [4.78, 5) is 36.0. The van der Waals surface area contributed by atoms with E-state index in [4.69, 9.17) is 4.74 Å². The maximum Gasteiger partial charge on any atom is 0.407 e. The topological polar surface area (TPSA) is 105 Å². The zero-order valence-corrected chi connectivity index (χ0v) is 18.6. The molecule has 0 saturated heterocycles. The van der Waals surface area contributed by atoms with Gasteiger partial charge in [-0.3, -0.25) is 4.79 Å². The zero-order chi connectivity index (χ0) is 23.3. The number of carboxylic acid groups (broad SMARTS) is 1. The molecule has 2 aromatic rings. The van der Waals surface area contributed by atoms with E-state index in [9.17, 15) is 19.5 Å². The van der Waals surface area contributed by atoms with Gasteiger partial charge in [0.2, 0.25) is 5.91 Å². The van der Waals surface area contributed by atoms with Crippen LogP contribution in [0, 0.1) is 5.92 Å². The van der Waals surface area contributed by atoms with Crippen molar-refractivity contribution in [3.63, 3.8) is 0 Å². The van der Waals surface area contributed by atoms with Crippen molar-refractivity contribution in [3.05, 3.63) is 59.7 Å². The highest BCUT2D eigenvalue weighted by Gasteiger charge is 2.29. The monoisotopic (exact) mass is 438 g/mol. The van der Waals surface area contributed by atoms with Gasteiger partial charge in [-0.2, -0.15) is 0 Å². The van der Waals surface area contributed by atoms with Gasteiger partial charge in [0.05, 0.1) is 0 Å². The smallest absolute Gasteiger partial charge is 0.407 e. The zero-order valence-electron chi connectivity index (χ0n) is 18.6. The molecule has 7 nitrogen and oxygen atoms in total. The molecule has 0 aromatic heterocycles. The Bertz CT molecular complexity index is 944. The van der Waals surface area contributed by atoms with Crippen molar-refractivity contribution in [1.82, 2.24) is 10.6 Å². The average Bonchev–Trinajstić information content (AvgIpc) is 3.09. The number of nitrogens with one attached hydrogen (secondary N) is 2. The summed E-state index contributed by atoms with van der Waals surface area (Å²) in [5, 5.41) is 14.5.